The van der Waals surface area contributed by atoms with Crippen LogP contribution in [-0.2, 0) is 6.54 Å². The maximum Gasteiger partial charge on any atom is 0.192 e. The molecular weight excluding hydrogens is 302 g/mol. The van der Waals surface area contributed by atoms with Crippen molar-refractivity contribution in [3.05, 3.63) is 65.7 Å². The highest BCUT2D eigenvalue weighted by Gasteiger charge is 2.16. The van der Waals surface area contributed by atoms with Crippen molar-refractivity contribution in [3.63, 3.8) is 0 Å². The third-order valence-electron chi connectivity index (χ3n) is 3.86. The van der Waals surface area contributed by atoms with Gasteiger partial charge in [-0.15, -0.1) is 10.2 Å². The Hall–Kier alpha value is -2.07. The molecule has 0 N–H and O–H groups in total. The summed E-state index contributed by atoms with van der Waals surface area (Å²) in [5.74, 6) is 0.943. The smallest absolute Gasteiger partial charge is 0.192 e. The van der Waals surface area contributed by atoms with Crippen LogP contribution in [-0.4, -0.2) is 14.8 Å². The number of benzene rings is 2. The van der Waals surface area contributed by atoms with Crippen molar-refractivity contribution < 1.29 is 0 Å². The molecule has 0 fully saturated rings. The third-order valence-corrected chi connectivity index (χ3v) is 5.00. The van der Waals surface area contributed by atoms with E-state index in [9.17, 15) is 0 Å². The van der Waals surface area contributed by atoms with E-state index in [0.717, 1.165) is 23.1 Å². The van der Waals surface area contributed by atoms with Crippen LogP contribution in [0.25, 0.3) is 11.4 Å². The van der Waals surface area contributed by atoms with Gasteiger partial charge in [0.2, 0.25) is 0 Å². The normalized spacial score (nSPS) is 12.3. The summed E-state index contributed by atoms with van der Waals surface area (Å²) in [6.45, 7) is 7.31. The summed E-state index contributed by atoms with van der Waals surface area (Å²) in [7, 11) is 0. The van der Waals surface area contributed by atoms with Crippen LogP contribution in [0.3, 0.4) is 0 Å². The van der Waals surface area contributed by atoms with Gasteiger partial charge in [-0.2, -0.15) is 0 Å². The van der Waals surface area contributed by atoms with Gasteiger partial charge in [-0.25, -0.2) is 0 Å². The Labute approximate surface area is 141 Å². The lowest BCUT2D eigenvalue weighted by molar-refractivity contribution is 0.685. The summed E-state index contributed by atoms with van der Waals surface area (Å²) in [5, 5.41) is 10.2. The van der Waals surface area contributed by atoms with Crippen LogP contribution >= 0.6 is 11.8 Å². The Balaban J connectivity index is 1.90. The number of aryl methyl sites for hydroxylation is 1. The Kier molecular flexibility index (Phi) is 4.82. The Morgan fingerprint density at radius 1 is 1.04 bits per heavy atom. The molecule has 3 nitrogen and oxygen atoms in total. The fourth-order valence-corrected chi connectivity index (χ4v) is 3.65. The molecular formula is C19H21N3S. The number of hydrogen-bond acceptors (Lipinski definition) is 3. The molecule has 0 bridgehead atoms. The van der Waals surface area contributed by atoms with Gasteiger partial charge in [0.05, 0.1) is 0 Å². The van der Waals surface area contributed by atoms with Crippen LogP contribution in [0.2, 0.25) is 0 Å². The van der Waals surface area contributed by atoms with Crippen LogP contribution < -0.4 is 0 Å². The summed E-state index contributed by atoms with van der Waals surface area (Å²) in [4.78, 5) is 0. The molecule has 0 saturated heterocycles. The number of aromatic nitrogens is 3. The second-order valence-electron chi connectivity index (χ2n) is 5.59. The number of thioether (sulfide) groups is 1. The molecule has 0 radical (unpaired) electrons. The van der Waals surface area contributed by atoms with Crippen molar-refractivity contribution in [2.45, 2.75) is 37.7 Å². The molecule has 3 rings (SSSR count). The summed E-state index contributed by atoms with van der Waals surface area (Å²) < 4.78 is 2.19. The van der Waals surface area contributed by atoms with E-state index < -0.39 is 0 Å². The summed E-state index contributed by atoms with van der Waals surface area (Å²) in [6, 6.07) is 18.9. The molecule has 0 aliphatic rings. The fourth-order valence-electron chi connectivity index (χ4n) is 2.61. The van der Waals surface area contributed by atoms with Crippen molar-refractivity contribution >= 4 is 11.8 Å². The van der Waals surface area contributed by atoms with Gasteiger partial charge in [0, 0.05) is 17.4 Å². The van der Waals surface area contributed by atoms with Gasteiger partial charge in [0.15, 0.2) is 11.0 Å². The minimum Gasteiger partial charge on any atom is -0.302 e. The van der Waals surface area contributed by atoms with Crippen LogP contribution in [0.4, 0.5) is 0 Å². The number of hydrogen-bond donors (Lipinski definition) is 0. The molecule has 0 spiro atoms. The van der Waals surface area contributed by atoms with E-state index >= 15 is 0 Å². The molecule has 1 atom stereocenters. The van der Waals surface area contributed by atoms with Crippen LogP contribution in [0.15, 0.2) is 59.8 Å². The first-order chi connectivity index (χ1) is 11.2. The van der Waals surface area contributed by atoms with Gasteiger partial charge in [0.25, 0.3) is 0 Å². The maximum atomic E-state index is 4.44. The van der Waals surface area contributed by atoms with Crippen molar-refractivity contribution in [1.29, 1.82) is 0 Å². The quantitative estimate of drug-likeness (QED) is 0.610. The van der Waals surface area contributed by atoms with Gasteiger partial charge < -0.3 is 4.57 Å². The lowest BCUT2D eigenvalue weighted by Gasteiger charge is -2.12. The molecule has 1 aromatic heterocycles. The lowest BCUT2D eigenvalue weighted by Crippen LogP contribution is -2.01. The van der Waals surface area contributed by atoms with Crippen molar-refractivity contribution in [2.75, 3.05) is 0 Å². The van der Waals surface area contributed by atoms with Gasteiger partial charge in [-0.1, -0.05) is 65.9 Å². The predicted molar refractivity (Wildman–Crippen MR) is 96.6 cm³/mol. The molecule has 118 valence electrons. The average Bonchev–Trinajstić information content (AvgIpc) is 2.98. The topological polar surface area (TPSA) is 30.7 Å². The largest absolute Gasteiger partial charge is 0.302 e. The standard InChI is InChI=1S/C19H21N3S/c1-4-22-18(17-12-8-9-14(2)13-17)20-21-19(22)23-15(3)16-10-6-5-7-11-16/h5-13,15H,4H2,1-3H3. The molecule has 23 heavy (non-hydrogen) atoms. The van der Waals surface area contributed by atoms with Crippen molar-refractivity contribution in [2.24, 2.45) is 0 Å². The Morgan fingerprint density at radius 2 is 1.83 bits per heavy atom. The van der Waals surface area contributed by atoms with Gasteiger partial charge >= 0.3 is 0 Å². The minimum atomic E-state index is 0.344. The second-order valence-corrected chi connectivity index (χ2v) is 6.90. The third kappa shape index (κ3) is 3.48. The van der Waals surface area contributed by atoms with Crippen molar-refractivity contribution in [3.8, 4) is 11.4 Å². The Bertz CT molecular complexity index is 780. The zero-order chi connectivity index (χ0) is 16.2. The monoisotopic (exact) mass is 323 g/mol. The predicted octanol–water partition coefficient (Wildman–Crippen LogP) is 5.13. The first kappa shape index (κ1) is 15.8. The molecule has 1 heterocycles. The van der Waals surface area contributed by atoms with Crippen LogP contribution in [0.1, 0.15) is 30.2 Å². The average molecular weight is 323 g/mol. The van der Waals surface area contributed by atoms with E-state index in [1.807, 2.05) is 6.07 Å². The molecule has 2 aromatic carbocycles. The molecule has 0 aliphatic carbocycles. The van der Waals surface area contributed by atoms with E-state index in [2.05, 4.69) is 84.1 Å². The fraction of sp³-hybridized carbons (Fsp3) is 0.263. The number of rotatable bonds is 5. The summed E-state index contributed by atoms with van der Waals surface area (Å²) in [6.07, 6.45) is 0. The van der Waals surface area contributed by atoms with Crippen LogP contribution in [0.5, 0.6) is 0 Å². The van der Waals surface area contributed by atoms with E-state index in [4.69, 9.17) is 0 Å². The highest BCUT2D eigenvalue weighted by Crippen LogP contribution is 2.35. The number of nitrogens with zero attached hydrogens (tertiary/aromatic N) is 3. The highest BCUT2D eigenvalue weighted by atomic mass is 32.2. The Morgan fingerprint density at radius 3 is 2.52 bits per heavy atom. The van der Waals surface area contributed by atoms with Gasteiger partial charge in [-0.05, 0) is 32.4 Å². The van der Waals surface area contributed by atoms with E-state index in [0.29, 0.717) is 5.25 Å². The van der Waals surface area contributed by atoms with Gasteiger partial charge in [0.1, 0.15) is 0 Å². The highest BCUT2D eigenvalue weighted by molar-refractivity contribution is 7.99. The van der Waals surface area contributed by atoms with Crippen molar-refractivity contribution in [1.82, 2.24) is 14.8 Å². The molecule has 0 amide bonds. The van der Waals surface area contributed by atoms with E-state index in [1.165, 1.54) is 11.1 Å². The first-order valence-electron chi connectivity index (χ1n) is 7.91. The molecule has 3 aromatic rings. The zero-order valence-electron chi connectivity index (χ0n) is 13.7. The first-order valence-corrected chi connectivity index (χ1v) is 8.79. The summed E-state index contributed by atoms with van der Waals surface area (Å²) >= 11 is 1.76. The summed E-state index contributed by atoms with van der Waals surface area (Å²) in [5.41, 5.74) is 3.67. The maximum absolute atomic E-state index is 4.44. The lowest BCUT2D eigenvalue weighted by atomic mass is 10.1. The van der Waals surface area contributed by atoms with E-state index in [-0.39, 0.29) is 0 Å². The van der Waals surface area contributed by atoms with Crippen LogP contribution in [0, 0.1) is 6.92 Å². The molecule has 0 saturated carbocycles. The molecule has 4 heteroatoms. The minimum absolute atomic E-state index is 0.344. The van der Waals surface area contributed by atoms with E-state index in [1.54, 1.807) is 11.8 Å². The molecule has 0 aliphatic heterocycles. The second kappa shape index (κ2) is 7.01. The SMILES string of the molecule is CCn1c(SC(C)c2ccccc2)nnc1-c1cccc(C)c1. The van der Waals surface area contributed by atoms with Gasteiger partial charge in [-0.3, -0.25) is 0 Å². The zero-order valence-corrected chi connectivity index (χ0v) is 14.5. The molecule has 1 unspecified atom stereocenters.